The van der Waals surface area contributed by atoms with E-state index in [1.165, 1.54) is 31.2 Å². The fraction of sp³-hybridized carbons (Fsp3) is 0.273. The molecule has 0 spiro atoms. The summed E-state index contributed by atoms with van der Waals surface area (Å²) in [7, 11) is -3.80. The van der Waals surface area contributed by atoms with Crippen LogP contribution in [-0.4, -0.2) is 25.2 Å². The van der Waals surface area contributed by atoms with Gasteiger partial charge in [-0.15, -0.1) is 4.40 Å². The van der Waals surface area contributed by atoms with Gasteiger partial charge in [-0.1, -0.05) is 18.7 Å². The topological polar surface area (TPSA) is 102 Å². The molecule has 1 aromatic rings. The molecule has 0 saturated heterocycles. The van der Waals surface area contributed by atoms with Crippen LogP contribution in [0.3, 0.4) is 0 Å². The second kappa shape index (κ2) is 6.58. The predicted octanol–water partition coefficient (Wildman–Crippen LogP) is 1.40. The maximum Gasteiger partial charge on any atom is 0.284 e. The molecule has 0 aromatic heterocycles. The molecule has 104 valence electrons. The van der Waals surface area contributed by atoms with Gasteiger partial charge in [0, 0.05) is 12.6 Å². The Bertz CT molecular complexity index is 580. The summed E-state index contributed by atoms with van der Waals surface area (Å²) >= 11 is 1.16. The first-order chi connectivity index (χ1) is 8.85. The Morgan fingerprint density at radius 1 is 1.37 bits per heavy atom. The number of carbonyl (C=O) groups excluding carboxylic acids is 1. The van der Waals surface area contributed by atoms with Gasteiger partial charge in [0.2, 0.25) is 5.91 Å². The standard InChI is InChI=1S/C11H15N3O3S2/c1-3-18-11(12)14-19(16,17)10-6-4-9(5-7-10)13-8(2)15/h4-7H,3H2,1-2H3,(H2,12,14)(H,13,15). The molecule has 8 heteroatoms. The van der Waals surface area contributed by atoms with E-state index in [4.69, 9.17) is 5.73 Å². The summed E-state index contributed by atoms with van der Waals surface area (Å²) < 4.78 is 27.3. The maximum absolute atomic E-state index is 11.9. The second-order valence-electron chi connectivity index (χ2n) is 3.54. The molecule has 0 fully saturated rings. The third-order valence-corrected chi connectivity index (χ3v) is 4.07. The average Bonchev–Trinajstić information content (AvgIpc) is 2.28. The number of nitrogens with one attached hydrogen (secondary N) is 1. The Morgan fingerprint density at radius 2 is 1.95 bits per heavy atom. The molecule has 0 aliphatic carbocycles. The molecule has 3 N–H and O–H groups in total. The van der Waals surface area contributed by atoms with Gasteiger partial charge < -0.3 is 11.1 Å². The Kier molecular flexibility index (Phi) is 5.37. The molecule has 0 unspecified atom stereocenters. The van der Waals surface area contributed by atoms with Crippen LogP contribution >= 0.6 is 11.8 Å². The Balaban J connectivity index is 2.97. The zero-order valence-corrected chi connectivity index (χ0v) is 12.2. The lowest BCUT2D eigenvalue weighted by Crippen LogP contribution is -2.11. The minimum atomic E-state index is -3.80. The summed E-state index contributed by atoms with van der Waals surface area (Å²) in [5.74, 6) is 0.420. The first kappa shape index (κ1) is 15.5. The highest BCUT2D eigenvalue weighted by molar-refractivity contribution is 8.14. The van der Waals surface area contributed by atoms with Gasteiger partial charge in [-0.05, 0) is 30.0 Å². The van der Waals surface area contributed by atoms with Crippen LogP contribution in [0.4, 0.5) is 5.69 Å². The van der Waals surface area contributed by atoms with Crippen molar-refractivity contribution in [2.24, 2.45) is 10.1 Å². The number of amidine groups is 1. The van der Waals surface area contributed by atoms with Crippen LogP contribution in [0.2, 0.25) is 0 Å². The van der Waals surface area contributed by atoms with Crippen LogP contribution in [0, 0.1) is 0 Å². The summed E-state index contributed by atoms with van der Waals surface area (Å²) in [6.45, 7) is 3.22. The average molecular weight is 301 g/mol. The number of carbonyl (C=O) groups is 1. The fourth-order valence-corrected chi connectivity index (χ4v) is 2.88. The number of amides is 1. The van der Waals surface area contributed by atoms with Gasteiger partial charge in [-0.3, -0.25) is 4.79 Å². The van der Waals surface area contributed by atoms with Crippen LogP contribution in [0.5, 0.6) is 0 Å². The van der Waals surface area contributed by atoms with Crippen molar-refractivity contribution in [1.82, 2.24) is 0 Å². The smallest absolute Gasteiger partial charge is 0.284 e. The minimum absolute atomic E-state index is 0.00781. The van der Waals surface area contributed by atoms with Crippen LogP contribution in [0.15, 0.2) is 33.6 Å². The van der Waals surface area contributed by atoms with Crippen molar-refractivity contribution in [1.29, 1.82) is 0 Å². The molecule has 6 nitrogen and oxygen atoms in total. The van der Waals surface area contributed by atoms with E-state index in [9.17, 15) is 13.2 Å². The fourth-order valence-electron chi connectivity index (χ4n) is 1.26. The van der Waals surface area contributed by atoms with Crippen molar-refractivity contribution in [2.75, 3.05) is 11.1 Å². The molecule has 0 radical (unpaired) electrons. The van der Waals surface area contributed by atoms with Crippen molar-refractivity contribution in [2.45, 2.75) is 18.7 Å². The van der Waals surface area contributed by atoms with Crippen LogP contribution in [0.25, 0.3) is 0 Å². The number of benzene rings is 1. The van der Waals surface area contributed by atoms with Crippen molar-refractivity contribution >= 4 is 38.5 Å². The zero-order valence-electron chi connectivity index (χ0n) is 10.6. The molecule has 0 atom stereocenters. The molecule has 1 rings (SSSR count). The molecule has 0 aliphatic rings. The Labute approximate surface area is 116 Å². The van der Waals surface area contributed by atoms with Gasteiger partial charge in [-0.25, -0.2) is 0 Å². The van der Waals surface area contributed by atoms with E-state index in [2.05, 4.69) is 9.71 Å². The molecule has 0 heterocycles. The van der Waals surface area contributed by atoms with E-state index >= 15 is 0 Å². The summed E-state index contributed by atoms with van der Waals surface area (Å²) in [5.41, 5.74) is 6.00. The van der Waals surface area contributed by atoms with Gasteiger partial charge in [0.25, 0.3) is 10.0 Å². The Hall–Kier alpha value is -1.54. The van der Waals surface area contributed by atoms with E-state index < -0.39 is 10.0 Å². The summed E-state index contributed by atoms with van der Waals surface area (Å²) in [5, 5.41) is 2.55. The number of hydrogen-bond acceptors (Lipinski definition) is 4. The van der Waals surface area contributed by atoms with E-state index in [1.807, 2.05) is 6.92 Å². The van der Waals surface area contributed by atoms with Crippen LogP contribution in [0.1, 0.15) is 13.8 Å². The largest absolute Gasteiger partial charge is 0.378 e. The number of rotatable bonds is 4. The van der Waals surface area contributed by atoms with Gasteiger partial charge in [0.05, 0.1) is 4.90 Å². The van der Waals surface area contributed by atoms with Gasteiger partial charge >= 0.3 is 0 Å². The van der Waals surface area contributed by atoms with Crippen LogP contribution < -0.4 is 11.1 Å². The van der Waals surface area contributed by atoms with E-state index in [0.717, 1.165) is 11.8 Å². The van der Waals surface area contributed by atoms with E-state index in [-0.39, 0.29) is 16.0 Å². The highest BCUT2D eigenvalue weighted by Crippen LogP contribution is 2.17. The highest BCUT2D eigenvalue weighted by atomic mass is 32.2. The molecule has 0 saturated carbocycles. The van der Waals surface area contributed by atoms with Crippen molar-refractivity contribution in [3.8, 4) is 0 Å². The molecule has 0 aliphatic heterocycles. The monoisotopic (exact) mass is 301 g/mol. The number of sulfonamides is 1. The highest BCUT2D eigenvalue weighted by Gasteiger charge is 2.13. The number of anilines is 1. The minimum Gasteiger partial charge on any atom is -0.378 e. The lowest BCUT2D eigenvalue weighted by molar-refractivity contribution is -0.114. The van der Waals surface area contributed by atoms with E-state index in [0.29, 0.717) is 11.4 Å². The molecule has 19 heavy (non-hydrogen) atoms. The Morgan fingerprint density at radius 3 is 2.42 bits per heavy atom. The molecular weight excluding hydrogens is 286 g/mol. The normalized spacial score (nSPS) is 12.2. The quantitative estimate of drug-likeness (QED) is 0.646. The number of hydrogen-bond donors (Lipinski definition) is 2. The van der Waals surface area contributed by atoms with Crippen LogP contribution in [-0.2, 0) is 14.8 Å². The summed E-state index contributed by atoms with van der Waals surface area (Å²) in [4.78, 5) is 10.9. The summed E-state index contributed by atoms with van der Waals surface area (Å²) in [6.07, 6.45) is 0. The maximum atomic E-state index is 11.9. The van der Waals surface area contributed by atoms with Crippen molar-refractivity contribution in [3.63, 3.8) is 0 Å². The number of nitrogens with zero attached hydrogens (tertiary/aromatic N) is 1. The third kappa shape index (κ3) is 4.92. The van der Waals surface area contributed by atoms with Gasteiger partial charge in [-0.2, -0.15) is 8.42 Å². The second-order valence-corrected chi connectivity index (χ2v) is 6.43. The molecule has 1 amide bonds. The predicted molar refractivity (Wildman–Crippen MR) is 77.7 cm³/mol. The molecule has 1 aromatic carbocycles. The SMILES string of the molecule is CCSC(N)=NS(=O)(=O)c1ccc(NC(C)=O)cc1. The van der Waals surface area contributed by atoms with Gasteiger partial charge in [0.15, 0.2) is 5.17 Å². The van der Waals surface area contributed by atoms with E-state index in [1.54, 1.807) is 0 Å². The molecular formula is C11H15N3O3S2. The van der Waals surface area contributed by atoms with Gasteiger partial charge in [0.1, 0.15) is 0 Å². The third-order valence-electron chi connectivity index (χ3n) is 1.97. The summed E-state index contributed by atoms with van der Waals surface area (Å²) in [6, 6.07) is 5.72. The van der Waals surface area contributed by atoms with Crippen molar-refractivity contribution < 1.29 is 13.2 Å². The molecule has 0 bridgehead atoms. The van der Waals surface area contributed by atoms with Crippen molar-refractivity contribution in [3.05, 3.63) is 24.3 Å². The lowest BCUT2D eigenvalue weighted by atomic mass is 10.3. The first-order valence-corrected chi connectivity index (χ1v) is 7.88. The lowest BCUT2D eigenvalue weighted by Gasteiger charge is -2.04. The number of thioether (sulfide) groups is 1. The first-order valence-electron chi connectivity index (χ1n) is 5.46. The zero-order chi connectivity index (χ0) is 14.5. The number of nitrogens with two attached hydrogens (primary N) is 1.